The van der Waals surface area contributed by atoms with Gasteiger partial charge in [0.1, 0.15) is 0 Å². The third-order valence-electron chi connectivity index (χ3n) is 4.19. The highest BCUT2D eigenvalue weighted by molar-refractivity contribution is 7.89. The lowest BCUT2D eigenvalue weighted by Crippen LogP contribution is -2.34. The molecule has 0 heterocycles. The summed E-state index contributed by atoms with van der Waals surface area (Å²) in [4.78, 5) is 25.9. The molecule has 1 rings (SSSR count). The molecule has 0 aliphatic heterocycles. The van der Waals surface area contributed by atoms with Crippen LogP contribution in [0, 0.1) is 11.3 Å². The summed E-state index contributed by atoms with van der Waals surface area (Å²) in [7, 11) is -1.70. The van der Waals surface area contributed by atoms with Crippen LogP contribution in [0.5, 0.6) is 0 Å². The molecule has 154 valence electrons. The van der Waals surface area contributed by atoms with Crippen molar-refractivity contribution < 1.29 is 18.0 Å². The van der Waals surface area contributed by atoms with Crippen molar-refractivity contribution in [3.8, 4) is 6.07 Å². The van der Waals surface area contributed by atoms with E-state index in [1.165, 1.54) is 16.3 Å². The Hall–Kier alpha value is -2.44. The van der Waals surface area contributed by atoms with Gasteiger partial charge in [0.2, 0.25) is 21.8 Å². The molecule has 28 heavy (non-hydrogen) atoms. The van der Waals surface area contributed by atoms with Gasteiger partial charge in [-0.2, -0.15) is 5.26 Å². The van der Waals surface area contributed by atoms with Crippen LogP contribution in [0.25, 0.3) is 0 Å². The Labute approximate surface area is 167 Å². The number of nitriles is 1. The second-order valence-electron chi connectivity index (χ2n) is 6.21. The van der Waals surface area contributed by atoms with Gasteiger partial charge in [-0.1, -0.05) is 18.2 Å². The van der Waals surface area contributed by atoms with Gasteiger partial charge in [-0.3, -0.25) is 9.59 Å². The average Bonchev–Trinajstić information content (AvgIpc) is 2.70. The zero-order valence-electron chi connectivity index (χ0n) is 16.4. The van der Waals surface area contributed by atoms with Gasteiger partial charge in [0.25, 0.3) is 0 Å². The number of benzene rings is 1. The Kier molecular flexibility index (Phi) is 10.2. The van der Waals surface area contributed by atoms with Crippen LogP contribution in [0.2, 0.25) is 0 Å². The fraction of sp³-hybridized carbons (Fsp3) is 0.526. The van der Waals surface area contributed by atoms with E-state index >= 15 is 0 Å². The molecule has 8 nitrogen and oxygen atoms in total. The number of sulfonamides is 1. The number of carbonyl (C=O) groups excluding carboxylic acids is 2. The normalized spacial score (nSPS) is 11.1. The Balaban J connectivity index is 2.41. The van der Waals surface area contributed by atoms with Gasteiger partial charge in [-0.05, 0) is 25.5 Å². The predicted molar refractivity (Wildman–Crippen MR) is 108 cm³/mol. The summed E-state index contributed by atoms with van der Waals surface area (Å²) in [6.45, 7) is 2.53. The molecule has 0 aromatic heterocycles. The van der Waals surface area contributed by atoms with Crippen molar-refractivity contribution in [1.29, 1.82) is 5.26 Å². The summed E-state index contributed by atoms with van der Waals surface area (Å²) in [5.41, 5.74) is 0.698. The van der Waals surface area contributed by atoms with Gasteiger partial charge in [-0.25, -0.2) is 12.7 Å². The molecular weight excluding hydrogens is 380 g/mol. The molecule has 0 radical (unpaired) electrons. The Morgan fingerprint density at radius 2 is 1.82 bits per heavy atom. The molecule has 2 amide bonds. The van der Waals surface area contributed by atoms with Gasteiger partial charge in [-0.15, -0.1) is 0 Å². The summed E-state index contributed by atoms with van der Waals surface area (Å²) in [6.07, 6.45) is 0.781. The highest BCUT2D eigenvalue weighted by Crippen LogP contribution is 2.15. The summed E-state index contributed by atoms with van der Waals surface area (Å²) < 4.78 is 24.5. The summed E-state index contributed by atoms with van der Waals surface area (Å²) in [6, 6.07) is 11.1. The van der Waals surface area contributed by atoms with Crippen LogP contribution >= 0.6 is 0 Å². The lowest BCUT2D eigenvalue weighted by atomic mass is 10.2. The van der Waals surface area contributed by atoms with Crippen molar-refractivity contribution in [2.24, 2.45) is 0 Å². The van der Waals surface area contributed by atoms with E-state index < -0.39 is 10.0 Å². The monoisotopic (exact) mass is 408 g/mol. The standard InChI is InChI=1S/C19H28N4O4S/c1-3-28(26,27)22(2)15-8-14-21-18(24)11-12-19(25)23(16-7-13-20)17-9-5-4-6-10-17/h4-6,9-10H,3,7-8,11-12,14-16H2,1-2H3,(H,21,24). The number of carbonyl (C=O) groups is 2. The number of nitrogens with zero attached hydrogens (tertiary/aromatic N) is 3. The van der Waals surface area contributed by atoms with Crippen molar-refractivity contribution in [1.82, 2.24) is 9.62 Å². The maximum absolute atomic E-state index is 12.5. The molecule has 0 saturated carbocycles. The highest BCUT2D eigenvalue weighted by Gasteiger charge is 2.17. The molecule has 0 spiro atoms. The molecule has 9 heteroatoms. The summed E-state index contributed by atoms with van der Waals surface area (Å²) in [5.74, 6) is -0.435. The fourth-order valence-corrected chi connectivity index (χ4v) is 3.35. The summed E-state index contributed by atoms with van der Waals surface area (Å²) >= 11 is 0. The van der Waals surface area contributed by atoms with Crippen molar-refractivity contribution in [2.75, 3.05) is 37.3 Å². The zero-order valence-corrected chi connectivity index (χ0v) is 17.2. The molecule has 0 saturated heterocycles. The third kappa shape index (κ3) is 8.06. The average molecular weight is 409 g/mol. The van der Waals surface area contributed by atoms with Gasteiger partial charge >= 0.3 is 0 Å². The molecule has 0 unspecified atom stereocenters. The van der Waals surface area contributed by atoms with Crippen LogP contribution in [0.4, 0.5) is 5.69 Å². The van der Waals surface area contributed by atoms with E-state index in [2.05, 4.69) is 5.32 Å². The van der Waals surface area contributed by atoms with Gasteiger partial charge in [0.15, 0.2) is 0 Å². The van der Waals surface area contributed by atoms with E-state index in [9.17, 15) is 18.0 Å². The number of rotatable bonds is 12. The van der Waals surface area contributed by atoms with Crippen LogP contribution in [-0.2, 0) is 19.6 Å². The Bertz CT molecular complexity index is 775. The first-order chi connectivity index (χ1) is 13.3. The molecule has 0 aliphatic rings. The number of nitrogens with one attached hydrogen (secondary N) is 1. The van der Waals surface area contributed by atoms with E-state index in [4.69, 9.17) is 5.26 Å². The number of anilines is 1. The van der Waals surface area contributed by atoms with E-state index in [1.807, 2.05) is 24.3 Å². The van der Waals surface area contributed by atoms with Gasteiger partial charge in [0, 0.05) is 45.2 Å². The number of amides is 2. The third-order valence-corrected chi connectivity index (χ3v) is 6.06. The first-order valence-corrected chi connectivity index (χ1v) is 10.9. The number of hydrogen-bond donors (Lipinski definition) is 1. The van der Waals surface area contributed by atoms with E-state index in [-0.39, 0.29) is 43.4 Å². The van der Waals surface area contributed by atoms with Crippen LogP contribution in [0.15, 0.2) is 30.3 Å². The lowest BCUT2D eigenvalue weighted by molar-refractivity contribution is -0.125. The molecule has 0 fully saturated rings. The number of para-hydroxylation sites is 1. The van der Waals surface area contributed by atoms with E-state index in [0.29, 0.717) is 25.2 Å². The molecule has 1 aromatic carbocycles. The maximum atomic E-state index is 12.5. The van der Waals surface area contributed by atoms with Gasteiger partial charge in [0.05, 0.1) is 18.2 Å². The fourth-order valence-electron chi connectivity index (χ4n) is 2.50. The smallest absolute Gasteiger partial charge is 0.227 e. The molecule has 0 atom stereocenters. The summed E-state index contributed by atoms with van der Waals surface area (Å²) in [5, 5.41) is 11.5. The molecule has 0 aliphatic carbocycles. The van der Waals surface area contributed by atoms with Crippen molar-refractivity contribution >= 4 is 27.5 Å². The second kappa shape index (κ2) is 12.1. The highest BCUT2D eigenvalue weighted by atomic mass is 32.2. The minimum Gasteiger partial charge on any atom is -0.356 e. The predicted octanol–water partition coefficient (Wildman–Crippen LogP) is 1.50. The number of hydrogen-bond acceptors (Lipinski definition) is 5. The van der Waals surface area contributed by atoms with E-state index in [0.717, 1.165) is 0 Å². The Morgan fingerprint density at radius 1 is 1.14 bits per heavy atom. The minimum absolute atomic E-state index is 0.0380. The van der Waals surface area contributed by atoms with Crippen LogP contribution < -0.4 is 10.2 Å². The maximum Gasteiger partial charge on any atom is 0.227 e. The first kappa shape index (κ1) is 23.6. The first-order valence-electron chi connectivity index (χ1n) is 9.25. The quantitative estimate of drug-likeness (QED) is 0.527. The Morgan fingerprint density at radius 3 is 2.43 bits per heavy atom. The topological polar surface area (TPSA) is 111 Å². The van der Waals surface area contributed by atoms with Crippen LogP contribution in [-0.4, -0.2) is 57.0 Å². The largest absolute Gasteiger partial charge is 0.356 e. The van der Waals surface area contributed by atoms with Crippen molar-refractivity contribution in [3.63, 3.8) is 0 Å². The zero-order chi connectivity index (χ0) is 21.0. The molecule has 0 bridgehead atoms. The molecular formula is C19H28N4O4S. The minimum atomic E-state index is -3.22. The van der Waals surface area contributed by atoms with Crippen LogP contribution in [0.3, 0.4) is 0 Å². The van der Waals surface area contributed by atoms with Crippen molar-refractivity contribution in [3.05, 3.63) is 30.3 Å². The molecule has 1 aromatic rings. The SMILES string of the molecule is CCS(=O)(=O)N(C)CCCNC(=O)CCC(=O)N(CCC#N)c1ccccc1. The second-order valence-corrected chi connectivity index (χ2v) is 8.58. The van der Waals surface area contributed by atoms with Crippen LogP contribution in [0.1, 0.15) is 32.6 Å². The van der Waals surface area contributed by atoms with Gasteiger partial charge < -0.3 is 10.2 Å². The van der Waals surface area contributed by atoms with Crippen molar-refractivity contribution in [2.45, 2.75) is 32.6 Å². The lowest BCUT2D eigenvalue weighted by Gasteiger charge is -2.21. The van der Waals surface area contributed by atoms with E-state index in [1.54, 1.807) is 19.1 Å². The molecule has 1 N–H and O–H groups in total.